The second-order valence-corrected chi connectivity index (χ2v) is 6.36. The summed E-state index contributed by atoms with van der Waals surface area (Å²) in [4.78, 5) is 14.9. The first-order valence-electron chi connectivity index (χ1n) is 4.69. The molecule has 0 unspecified atom stereocenters. The highest BCUT2D eigenvalue weighted by Crippen LogP contribution is 2.19. The molecule has 1 heterocycles. The highest BCUT2D eigenvalue weighted by Gasteiger charge is 2.03. The van der Waals surface area contributed by atoms with Gasteiger partial charge in [-0.2, -0.15) is 4.36 Å². The lowest BCUT2D eigenvalue weighted by Gasteiger charge is -2.05. The lowest BCUT2D eigenvalue weighted by molar-refractivity contribution is -0.114. The molecule has 88 valence electrons. The highest BCUT2D eigenvalue weighted by atomic mass is 32.2. The number of aromatic nitrogens is 1. The predicted molar refractivity (Wildman–Crippen MR) is 65.4 cm³/mol. The Morgan fingerprint density at radius 1 is 1.50 bits per heavy atom. The van der Waals surface area contributed by atoms with E-state index in [0.717, 1.165) is 5.56 Å². The van der Waals surface area contributed by atoms with Crippen molar-refractivity contribution in [1.29, 1.82) is 0 Å². The van der Waals surface area contributed by atoms with Gasteiger partial charge in [0, 0.05) is 29.2 Å². The fourth-order valence-electron chi connectivity index (χ4n) is 1.14. The minimum atomic E-state index is -2.21. The van der Waals surface area contributed by atoms with Crippen LogP contribution in [0, 0.1) is 6.92 Å². The van der Waals surface area contributed by atoms with Gasteiger partial charge in [-0.3, -0.25) is 4.79 Å². The molecule has 0 aliphatic carbocycles. The van der Waals surface area contributed by atoms with E-state index in [9.17, 15) is 9.00 Å². The minimum absolute atomic E-state index is 0.152. The lowest BCUT2D eigenvalue weighted by Crippen LogP contribution is -2.06. The van der Waals surface area contributed by atoms with Gasteiger partial charge in [0.25, 0.3) is 0 Å². The summed E-state index contributed by atoms with van der Waals surface area (Å²) in [6, 6.07) is 1.75. The van der Waals surface area contributed by atoms with E-state index < -0.39 is 9.73 Å². The topological polar surface area (TPSA) is 71.4 Å². The molecule has 0 saturated carbocycles. The van der Waals surface area contributed by atoms with Crippen molar-refractivity contribution in [3.63, 3.8) is 0 Å². The molecule has 0 fully saturated rings. The van der Waals surface area contributed by atoms with Gasteiger partial charge < -0.3 is 5.32 Å². The molecule has 1 amide bonds. The Bertz CT molecular complexity index is 523. The van der Waals surface area contributed by atoms with Gasteiger partial charge in [-0.25, -0.2) is 9.19 Å². The highest BCUT2D eigenvalue weighted by molar-refractivity contribution is 7.92. The van der Waals surface area contributed by atoms with Crippen LogP contribution in [-0.4, -0.2) is 27.6 Å². The van der Waals surface area contributed by atoms with Crippen LogP contribution in [0.3, 0.4) is 0 Å². The average Bonchev–Trinajstić information content (AvgIpc) is 2.06. The van der Waals surface area contributed by atoms with E-state index in [2.05, 4.69) is 14.7 Å². The van der Waals surface area contributed by atoms with Crippen molar-refractivity contribution in [1.82, 2.24) is 4.98 Å². The monoisotopic (exact) mass is 241 g/mol. The Morgan fingerprint density at radius 3 is 2.56 bits per heavy atom. The quantitative estimate of drug-likeness (QED) is 0.856. The molecular formula is C10H15N3O2S. The number of hydrogen-bond donors (Lipinski definition) is 1. The molecule has 5 nitrogen and oxygen atoms in total. The number of carbonyl (C=O) groups excluding carboxylic acids is 1. The number of carbonyl (C=O) groups is 1. The van der Waals surface area contributed by atoms with Crippen LogP contribution in [-0.2, 0) is 14.5 Å². The number of nitrogens with zero attached hydrogens (tertiary/aromatic N) is 2. The fourth-order valence-corrected chi connectivity index (χ4v) is 1.75. The second kappa shape index (κ2) is 4.61. The molecule has 0 spiro atoms. The maximum absolute atomic E-state index is 11.5. The van der Waals surface area contributed by atoms with Crippen LogP contribution in [0.25, 0.3) is 0 Å². The van der Waals surface area contributed by atoms with E-state index in [1.807, 2.05) is 6.92 Å². The van der Waals surface area contributed by atoms with Crippen molar-refractivity contribution in [3.05, 3.63) is 17.8 Å². The van der Waals surface area contributed by atoms with Crippen molar-refractivity contribution in [2.75, 3.05) is 17.8 Å². The van der Waals surface area contributed by atoms with Crippen LogP contribution < -0.4 is 5.32 Å². The standard InChI is InChI=1S/C10H15N3O2S/c1-7-5-9(12-8(2)14)6-11-10(7)13-16(3,4)15/h5-6H,1-4H3,(H,12,14). The molecule has 1 aromatic heterocycles. The second-order valence-electron chi connectivity index (χ2n) is 3.82. The van der Waals surface area contributed by atoms with Crippen molar-refractivity contribution < 1.29 is 9.00 Å². The lowest BCUT2D eigenvalue weighted by atomic mass is 10.2. The summed E-state index contributed by atoms with van der Waals surface area (Å²) in [5, 5.41) is 2.62. The van der Waals surface area contributed by atoms with E-state index in [0.29, 0.717) is 11.5 Å². The number of rotatable bonds is 2. The van der Waals surface area contributed by atoms with Gasteiger partial charge in [-0.05, 0) is 18.6 Å². The molecule has 0 radical (unpaired) electrons. The Labute approximate surface area is 95.5 Å². The predicted octanol–water partition coefficient (Wildman–Crippen LogP) is 1.71. The van der Waals surface area contributed by atoms with Gasteiger partial charge >= 0.3 is 0 Å². The molecule has 0 atom stereocenters. The minimum Gasteiger partial charge on any atom is -0.325 e. The third-order valence-electron chi connectivity index (χ3n) is 1.68. The van der Waals surface area contributed by atoms with Crippen LogP contribution >= 0.6 is 0 Å². The smallest absolute Gasteiger partial charge is 0.221 e. The first kappa shape index (κ1) is 12.6. The van der Waals surface area contributed by atoms with Gasteiger partial charge in [-0.1, -0.05) is 0 Å². The van der Waals surface area contributed by atoms with Crippen molar-refractivity contribution in [2.24, 2.45) is 4.36 Å². The molecular weight excluding hydrogens is 226 g/mol. The Balaban J connectivity index is 3.10. The fraction of sp³-hybridized carbons (Fsp3) is 0.400. The summed E-state index contributed by atoms with van der Waals surface area (Å²) >= 11 is 0. The zero-order valence-electron chi connectivity index (χ0n) is 9.77. The van der Waals surface area contributed by atoms with Crippen LogP contribution in [0.1, 0.15) is 12.5 Å². The zero-order valence-corrected chi connectivity index (χ0v) is 10.6. The van der Waals surface area contributed by atoms with E-state index in [-0.39, 0.29) is 5.91 Å². The molecule has 16 heavy (non-hydrogen) atoms. The normalized spacial score (nSPS) is 11.0. The van der Waals surface area contributed by atoms with Crippen molar-refractivity contribution in [2.45, 2.75) is 13.8 Å². The van der Waals surface area contributed by atoms with Crippen LogP contribution in [0.15, 0.2) is 16.6 Å². The van der Waals surface area contributed by atoms with E-state index in [1.165, 1.54) is 13.1 Å². The molecule has 0 aliphatic heterocycles. The maximum Gasteiger partial charge on any atom is 0.221 e. The molecule has 0 saturated heterocycles. The maximum atomic E-state index is 11.5. The van der Waals surface area contributed by atoms with Gasteiger partial charge in [0.15, 0.2) is 5.82 Å². The number of amides is 1. The third-order valence-corrected chi connectivity index (χ3v) is 2.29. The zero-order chi connectivity index (χ0) is 12.3. The number of pyridine rings is 1. The summed E-state index contributed by atoms with van der Waals surface area (Å²) in [5.41, 5.74) is 1.39. The molecule has 6 heteroatoms. The number of hydrogen-bond acceptors (Lipinski definition) is 4. The summed E-state index contributed by atoms with van der Waals surface area (Å²) < 4.78 is 15.5. The number of aryl methyl sites for hydroxylation is 1. The largest absolute Gasteiger partial charge is 0.325 e. The summed E-state index contributed by atoms with van der Waals surface area (Å²) in [7, 11) is -2.21. The molecule has 1 rings (SSSR count). The van der Waals surface area contributed by atoms with Gasteiger partial charge in [0.2, 0.25) is 5.91 Å². The summed E-state index contributed by atoms with van der Waals surface area (Å²) in [5.74, 6) is 0.296. The van der Waals surface area contributed by atoms with Crippen LogP contribution in [0.5, 0.6) is 0 Å². The Kier molecular flexibility index (Phi) is 3.64. The summed E-state index contributed by atoms with van der Waals surface area (Å²) in [6.07, 6.45) is 4.60. The van der Waals surface area contributed by atoms with Crippen LogP contribution in [0.4, 0.5) is 11.5 Å². The number of nitrogens with one attached hydrogen (secondary N) is 1. The number of anilines is 1. The molecule has 1 aromatic rings. The molecule has 0 aromatic carbocycles. The average molecular weight is 241 g/mol. The molecule has 0 aliphatic rings. The molecule has 0 bridgehead atoms. The Morgan fingerprint density at radius 2 is 2.12 bits per heavy atom. The van der Waals surface area contributed by atoms with E-state index >= 15 is 0 Å². The first-order chi connectivity index (χ1) is 7.28. The van der Waals surface area contributed by atoms with Gasteiger partial charge in [0.1, 0.15) is 0 Å². The first-order valence-corrected chi connectivity index (χ1v) is 7.02. The van der Waals surface area contributed by atoms with Crippen LogP contribution in [0.2, 0.25) is 0 Å². The van der Waals surface area contributed by atoms with Crippen molar-refractivity contribution >= 4 is 27.1 Å². The van der Waals surface area contributed by atoms with E-state index in [4.69, 9.17) is 0 Å². The van der Waals surface area contributed by atoms with Gasteiger partial charge in [0.05, 0.1) is 11.9 Å². The third kappa shape index (κ3) is 3.98. The van der Waals surface area contributed by atoms with Gasteiger partial charge in [-0.15, -0.1) is 0 Å². The Hall–Kier alpha value is -1.43. The SMILES string of the molecule is CC(=O)Nc1cnc(N=S(C)(C)=O)c(C)c1. The molecule has 1 N–H and O–H groups in total. The summed E-state index contributed by atoms with van der Waals surface area (Å²) in [6.45, 7) is 3.24. The van der Waals surface area contributed by atoms with Crippen molar-refractivity contribution in [3.8, 4) is 0 Å². The van der Waals surface area contributed by atoms with E-state index in [1.54, 1.807) is 18.6 Å².